The summed E-state index contributed by atoms with van der Waals surface area (Å²) in [6, 6.07) is -0.0681. The molecule has 3 atom stereocenters. The summed E-state index contributed by atoms with van der Waals surface area (Å²) in [6.45, 7) is 2.08. The summed E-state index contributed by atoms with van der Waals surface area (Å²) >= 11 is 1.74. The minimum atomic E-state index is -4.70. The number of hydrogen-bond donors (Lipinski definition) is 1. The van der Waals surface area contributed by atoms with Crippen LogP contribution < -0.4 is 0 Å². The molecule has 0 aliphatic carbocycles. The Hall–Kier alpha value is -0.800. The zero-order chi connectivity index (χ0) is 14.9. The maximum Gasteiger partial charge on any atom is 0.415 e. The van der Waals surface area contributed by atoms with Gasteiger partial charge in [0, 0.05) is 18.1 Å². The van der Waals surface area contributed by atoms with Gasteiger partial charge < -0.3 is 9.63 Å². The maximum atomic E-state index is 12.5. The molecule has 5 nitrogen and oxygen atoms in total. The standard InChI is InChI=1S/C11H16F3N3O2S/c1-6(8(18)11(12,13)14)10-15-9(16-19-10)7-5-20-4-3-17(7)2/h6-8,18H,3-5H2,1-2H3. The van der Waals surface area contributed by atoms with Gasteiger partial charge in [0.25, 0.3) is 0 Å². The Balaban J connectivity index is 2.12. The van der Waals surface area contributed by atoms with Crippen molar-refractivity contribution in [3.8, 4) is 0 Å². The summed E-state index contributed by atoms with van der Waals surface area (Å²) in [5.41, 5.74) is 0. The third-order valence-electron chi connectivity index (χ3n) is 3.35. The molecule has 2 rings (SSSR count). The van der Waals surface area contributed by atoms with Crippen molar-refractivity contribution in [1.29, 1.82) is 0 Å². The fourth-order valence-corrected chi connectivity index (χ4v) is 3.15. The van der Waals surface area contributed by atoms with Crippen LogP contribution in [0.2, 0.25) is 0 Å². The number of aliphatic hydroxyl groups excluding tert-OH is 1. The van der Waals surface area contributed by atoms with Gasteiger partial charge in [-0.25, -0.2) is 0 Å². The lowest BCUT2D eigenvalue weighted by Crippen LogP contribution is -2.34. The van der Waals surface area contributed by atoms with Crippen molar-refractivity contribution in [3.63, 3.8) is 0 Å². The quantitative estimate of drug-likeness (QED) is 0.919. The van der Waals surface area contributed by atoms with Gasteiger partial charge in [-0.2, -0.15) is 29.9 Å². The van der Waals surface area contributed by atoms with Crippen LogP contribution in [-0.4, -0.2) is 57.5 Å². The first-order valence-corrected chi connectivity index (χ1v) is 7.32. The number of halogens is 3. The van der Waals surface area contributed by atoms with Crippen molar-refractivity contribution < 1.29 is 22.8 Å². The molecule has 0 bridgehead atoms. The summed E-state index contributed by atoms with van der Waals surface area (Å²) in [5, 5.41) is 13.0. The van der Waals surface area contributed by atoms with Crippen LogP contribution in [-0.2, 0) is 0 Å². The Labute approximate surface area is 118 Å². The minimum absolute atomic E-state index is 0.0681. The van der Waals surface area contributed by atoms with Crippen LogP contribution in [0.25, 0.3) is 0 Å². The molecule has 0 radical (unpaired) electrons. The van der Waals surface area contributed by atoms with Crippen molar-refractivity contribution in [2.45, 2.75) is 31.2 Å². The summed E-state index contributed by atoms with van der Waals surface area (Å²) in [5.74, 6) is 0.676. The Morgan fingerprint density at radius 3 is 2.80 bits per heavy atom. The molecule has 0 saturated carbocycles. The van der Waals surface area contributed by atoms with Crippen LogP contribution in [0.15, 0.2) is 4.52 Å². The highest BCUT2D eigenvalue weighted by molar-refractivity contribution is 7.99. The number of alkyl halides is 3. The molecule has 1 N–H and O–H groups in total. The van der Waals surface area contributed by atoms with Crippen molar-refractivity contribution in [3.05, 3.63) is 11.7 Å². The normalized spacial score (nSPS) is 24.6. The molecule has 0 aromatic carbocycles. The van der Waals surface area contributed by atoms with Crippen LogP contribution in [0, 0.1) is 0 Å². The molecule has 0 spiro atoms. The van der Waals surface area contributed by atoms with E-state index in [9.17, 15) is 18.3 Å². The molecule has 1 saturated heterocycles. The first kappa shape index (κ1) is 15.6. The second kappa shape index (κ2) is 5.90. The molecule has 3 unspecified atom stereocenters. The van der Waals surface area contributed by atoms with Gasteiger partial charge >= 0.3 is 6.18 Å². The van der Waals surface area contributed by atoms with Gasteiger partial charge in [0.2, 0.25) is 5.89 Å². The Bertz CT molecular complexity index is 454. The fraction of sp³-hybridized carbons (Fsp3) is 0.818. The number of aromatic nitrogens is 2. The van der Waals surface area contributed by atoms with Crippen molar-refractivity contribution in [2.24, 2.45) is 0 Å². The van der Waals surface area contributed by atoms with E-state index in [-0.39, 0.29) is 11.9 Å². The third-order valence-corrected chi connectivity index (χ3v) is 4.37. The molecule has 1 aromatic heterocycles. The lowest BCUT2D eigenvalue weighted by Gasteiger charge is -2.29. The van der Waals surface area contributed by atoms with Gasteiger partial charge in [-0.05, 0) is 7.05 Å². The van der Waals surface area contributed by atoms with Crippen LogP contribution in [0.5, 0.6) is 0 Å². The van der Waals surface area contributed by atoms with E-state index in [1.807, 2.05) is 11.9 Å². The van der Waals surface area contributed by atoms with E-state index >= 15 is 0 Å². The largest absolute Gasteiger partial charge is 0.415 e. The predicted octanol–water partition coefficient (Wildman–Crippen LogP) is 1.82. The summed E-state index contributed by atoms with van der Waals surface area (Å²) in [4.78, 5) is 6.06. The highest BCUT2D eigenvalue weighted by Gasteiger charge is 2.44. The van der Waals surface area contributed by atoms with Gasteiger partial charge in [0.15, 0.2) is 11.9 Å². The molecule has 1 aliphatic heterocycles. The van der Waals surface area contributed by atoms with Crippen molar-refractivity contribution >= 4 is 11.8 Å². The van der Waals surface area contributed by atoms with Gasteiger partial charge in [-0.15, -0.1) is 0 Å². The first-order valence-electron chi connectivity index (χ1n) is 6.17. The number of rotatable bonds is 3. The fourth-order valence-electron chi connectivity index (χ4n) is 1.94. The topological polar surface area (TPSA) is 62.4 Å². The van der Waals surface area contributed by atoms with Gasteiger partial charge in [0.05, 0.1) is 12.0 Å². The van der Waals surface area contributed by atoms with Crippen molar-refractivity contribution in [1.82, 2.24) is 15.0 Å². The average molecular weight is 311 g/mol. The molecule has 1 aromatic rings. The summed E-state index contributed by atoms with van der Waals surface area (Å²) < 4.78 is 42.3. The molecule has 2 heterocycles. The van der Waals surface area contributed by atoms with Crippen LogP contribution in [0.3, 0.4) is 0 Å². The van der Waals surface area contributed by atoms with Gasteiger partial charge in [-0.3, -0.25) is 4.90 Å². The van der Waals surface area contributed by atoms with Gasteiger partial charge in [-0.1, -0.05) is 12.1 Å². The zero-order valence-electron chi connectivity index (χ0n) is 11.1. The molecule has 0 amide bonds. The number of aliphatic hydroxyl groups is 1. The maximum absolute atomic E-state index is 12.5. The molecular weight excluding hydrogens is 295 g/mol. The number of thioether (sulfide) groups is 1. The molecule has 1 aliphatic rings. The smallest absolute Gasteiger partial charge is 0.383 e. The summed E-state index contributed by atoms with van der Waals surface area (Å²) in [7, 11) is 1.91. The second-order valence-corrected chi connectivity index (χ2v) is 5.99. The van der Waals surface area contributed by atoms with Gasteiger partial charge in [0.1, 0.15) is 0 Å². The van der Waals surface area contributed by atoms with Crippen LogP contribution in [0.1, 0.15) is 30.6 Å². The SMILES string of the molecule is CC(c1nc(C2CSCCN2C)no1)C(O)C(F)(F)F. The number of hydrogen-bond acceptors (Lipinski definition) is 6. The lowest BCUT2D eigenvalue weighted by atomic mass is 10.0. The average Bonchev–Trinajstić information content (AvgIpc) is 2.86. The van der Waals surface area contributed by atoms with E-state index < -0.39 is 18.2 Å². The summed E-state index contributed by atoms with van der Waals surface area (Å²) in [6.07, 6.45) is -7.21. The second-order valence-electron chi connectivity index (χ2n) is 4.84. The molecule has 9 heteroatoms. The minimum Gasteiger partial charge on any atom is -0.383 e. The van der Waals surface area contributed by atoms with Crippen LogP contribution >= 0.6 is 11.8 Å². The molecule has 20 heavy (non-hydrogen) atoms. The highest BCUT2D eigenvalue weighted by Crippen LogP contribution is 2.32. The van der Waals surface area contributed by atoms with E-state index in [0.29, 0.717) is 5.82 Å². The molecule has 114 valence electrons. The van der Waals surface area contributed by atoms with Crippen molar-refractivity contribution in [2.75, 3.05) is 25.1 Å². The van der Waals surface area contributed by atoms with E-state index in [2.05, 4.69) is 10.1 Å². The Morgan fingerprint density at radius 1 is 1.50 bits per heavy atom. The Kier molecular flexibility index (Phi) is 4.60. The first-order chi connectivity index (χ1) is 9.30. The van der Waals surface area contributed by atoms with E-state index in [4.69, 9.17) is 4.52 Å². The van der Waals surface area contributed by atoms with E-state index in [1.54, 1.807) is 11.8 Å². The highest BCUT2D eigenvalue weighted by atomic mass is 32.2. The monoisotopic (exact) mass is 311 g/mol. The third kappa shape index (κ3) is 3.26. The van der Waals surface area contributed by atoms with Crippen LogP contribution in [0.4, 0.5) is 13.2 Å². The Morgan fingerprint density at radius 2 is 2.20 bits per heavy atom. The number of nitrogens with zero attached hydrogens (tertiary/aromatic N) is 3. The molecule has 1 fully saturated rings. The lowest BCUT2D eigenvalue weighted by molar-refractivity contribution is -0.210. The zero-order valence-corrected chi connectivity index (χ0v) is 11.9. The predicted molar refractivity (Wildman–Crippen MR) is 67.5 cm³/mol. The van der Waals surface area contributed by atoms with E-state index in [1.165, 1.54) is 6.92 Å². The molecular formula is C11H16F3N3O2S. The van der Waals surface area contributed by atoms with E-state index in [0.717, 1.165) is 18.1 Å².